The zero-order valence-electron chi connectivity index (χ0n) is 17.6. The summed E-state index contributed by atoms with van der Waals surface area (Å²) in [5, 5.41) is 6.27. The molecule has 0 amide bonds. The molecule has 2 aromatic carbocycles. The number of nitrogens with zero attached hydrogens (tertiary/aromatic N) is 1. The predicted octanol–water partition coefficient (Wildman–Crippen LogP) is 3.91. The Bertz CT molecular complexity index is 825. The normalized spacial score (nSPS) is 10.8. The molecule has 0 heterocycles. The molecule has 0 aliphatic heterocycles. The van der Waals surface area contributed by atoms with E-state index in [1.165, 1.54) is 0 Å². The Hall–Kier alpha value is -2.30. The fraction of sp³-hybridized carbons (Fsp3) is 0.381. The number of halogens is 3. The molecule has 0 spiro atoms. The lowest BCUT2D eigenvalue weighted by atomic mass is 10.1. The van der Waals surface area contributed by atoms with Crippen molar-refractivity contribution in [1.29, 1.82) is 0 Å². The van der Waals surface area contributed by atoms with E-state index in [9.17, 15) is 8.78 Å². The second-order valence-corrected chi connectivity index (χ2v) is 6.12. The molecule has 2 rings (SSSR count). The van der Waals surface area contributed by atoms with E-state index in [-0.39, 0.29) is 36.1 Å². The fourth-order valence-electron chi connectivity index (χ4n) is 2.80. The first-order chi connectivity index (χ1) is 14.0. The van der Waals surface area contributed by atoms with Crippen molar-refractivity contribution in [2.45, 2.75) is 19.9 Å². The minimum Gasteiger partial charge on any atom is -0.496 e. The van der Waals surface area contributed by atoms with Gasteiger partial charge in [-0.05, 0) is 31.5 Å². The lowest BCUT2D eigenvalue weighted by Crippen LogP contribution is -2.38. The number of guanidine groups is 1. The van der Waals surface area contributed by atoms with Crippen molar-refractivity contribution < 1.29 is 23.0 Å². The van der Waals surface area contributed by atoms with Gasteiger partial charge in [-0.25, -0.2) is 13.8 Å². The molecule has 0 aliphatic carbocycles. The van der Waals surface area contributed by atoms with Gasteiger partial charge in [-0.3, -0.25) is 0 Å². The molecule has 0 aliphatic rings. The number of aliphatic imine (C=N–C) groups is 1. The van der Waals surface area contributed by atoms with Gasteiger partial charge in [-0.1, -0.05) is 0 Å². The van der Waals surface area contributed by atoms with Gasteiger partial charge in [-0.15, -0.1) is 24.0 Å². The molecule has 0 bridgehead atoms. The smallest absolute Gasteiger partial charge is 0.191 e. The van der Waals surface area contributed by atoms with Crippen molar-refractivity contribution in [3.8, 4) is 17.2 Å². The molecular formula is C21H28F2IN3O3. The average Bonchev–Trinajstić information content (AvgIpc) is 2.73. The summed E-state index contributed by atoms with van der Waals surface area (Å²) in [5.74, 6) is 1.48. The Morgan fingerprint density at radius 3 is 2.20 bits per heavy atom. The summed E-state index contributed by atoms with van der Waals surface area (Å²) in [6, 6.07) is 6.92. The van der Waals surface area contributed by atoms with Crippen LogP contribution in [0.1, 0.15) is 18.1 Å². The monoisotopic (exact) mass is 535 g/mol. The molecule has 0 saturated heterocycles. The Labute approximate surface area is 193 Å². The van der Waals surface area contributed by atoms with Crippen LogP contribution in [0.15, 0.2) is 35.3 Å². The van der Waals surface area contributed by atoms with Gasteiger partial charge in [0, 0.05) is 36.3 Å². The quantitative estimate of drug-likeness (QED) is 0.290. The highest BCUT2D eigenvalue weighted by Crippen LogP contribution is 2.34. The second-order valence-electron chi connectivity index (χ2n) is 6.12. The minimum atomic E-state index is -0.492. The molecule has 30 heavy (non-hydrogen) atoms. The van der Waals surface area contributed by atoms with E-state index in [0.29, 0.717) is 42.7 Å². The van der Waals surface area contributed by atoms with E-state index in [1.54, 1.807) is 33.5 Å². The molecule has 166 valence electrons. The number of rotatable bonds is 9. The first-order valence-corrected chi connectivity index (χ1v) is 9.27. The largest absolute Gasteiger partial charge is 0.496 e. The van der Waals surface area contributed by atoms with E-state index in [1.807, 2.05) is 6.92 Å². The molecule has 2 aromatic rings. The van der Waals surface area contributed by atoms with Crippen LogP contribution in [0.4, 0.5) is 8.78 Å². The SMILES string of the molecule is CCNC(=NCc1cc(F)ccc1F)NCCc1c(OC)cc(OC)cc1OC.I. The van der Waals surface area contributed by atoms with E-state index in [2.05, 4.69) is 15.6 Å². The maximum Gasteiger partial charge on any atom is 0.191 e. The number of nitrogens with one attached hydrogen (secondary N) is 2. The lowest BCUT2D eigenvalue weighted by Gasteiger charge is -2.16. The van der Waals surface area contributed by atoms with Crippen molar-refractivity contribution in [3.05, 3.63) is 53.1 Å². The van der Waals surface area contributed by atoms with Gasteiger partial charge in [0.25, 0.3) is 0 Å². The summed E-state index contributed by atoms with van der Waals surface area (Å²) in [6.07, 6.45) is 0.592. The summed E-state index contributed by atoms with van der Waals surface area (Å²) < 4.78 is 43.3. The van der Waals surface area contributed by atoms with Crippen molar-refractivity contribution in [1.82, 2.24) is 10.6 Å². The Balaban J connectivity index is 0.00000450. The highest BCUT2D eigenvalue weighted by atomic mass is 127. The number of methoxy groups -OCH3 is 3. The predicted molar refractivity (Wildman–Crippen MR) is 124 cm³/mol. The van der Waals surface area contributed by atoms with E-state index in [4.69, 9.17) is 14.2 Å². The van der Waals surface area contributed by atoms with Crippen LogP contribution in [0, 0.1) is 11.6 Å². The number of ether oxygens (including phenoxy) is 3. The van der Waals surface area contributed by atoms with E-state index in [0.717, 1.165) is 23.8 Å². The maximum atomic E-state index is 13.8. The van der Waals surface area contributed by atoms with Crippen molar-refractivity contribution in [2.75, 3.05) is 34.4 Å². The Morgan fingerprint density at radius 2 is 1.63 bits per heavy atom. The average molecular weight is 535 g/mol. The Kier molecular flexibility index (Phi) is 11.2. The molecule has 0 unspecified atom stereocenters. The maximum absolute atomic E-state index is 13.8. The third-order valence-corrected chi connectivity index (χ3v) is 4.24. The molecular weight excluding hydrogens is 507 g/mol. The summed E-state index contributed by atoms with van der Waals surface area (Å²) in [4.78, 5) is 4.33. The third kappa shape index (κ3) is 7.19. The number of benzene rings is 2. The molecule has 9 heteroatoms. The number of hydrogen-bond donors (Lipinski definition) is 2. The first-order valence-electron chi connectivity index (χ1n) is 9.27. The van der Waals surface area contributed by atoms with Gasteiger partial charge < -0.3 is 24.8 Å². The molecule has 0 fully saturated rings. The number of hydrogen-bond acceptors (Lipinski definition) is 4. The topological polar surface area (TPSA) is 64.1 Å². The molecule has 6 nitrogen and oxygen atoms in total. The summed E-state index contributed by atoms with van der Waals surface area (Å²) in [5.41, 5.74) is 1.08. The Morgan fingerprint density at radius 1 is 0.967 bits per heavy atom. The zero-order valence-corrected chi connectivity index (χ0v) is 19.9. The minimum absolute atomic E-state index is 0. The van der Waals surface area contributed by atoms with Gasteiger partial charge in [0.1, 0.15) is 28.9 Å². The van der Waals surface area contributed by atoms with Crippen LogP contribution in [0.5, 0.6) is 17.2 Å². The third-order valence-electron chi connectivity index (χ3n) is 4.24. The standard InChI is InChI=1S/C21H27F2N3O3.HI/c1-5-24-21(26-13-14-10-15(22)6-7-18(14)23)25-9-8-17-19(28-3)11-16(27-2)12-20(17)29-4;/h6-7,10-12H,5,8-9,13H2,1-4H3,(H2,24,25,26);1H. The van der Waals surface area contributed by atoms with Gasteiger partial charge in [0.2, 0.25) is 0 Å². The van der Waals surface area contributed by atoms with Crippen LogP contribution >= 0.6 is 24.0 Å². The van der Waals surface area contributed by atoms with Crippen molar-refractivity contribution in [2.24, 2.45) is 4.99 Å². The van der Waals surface area contributed by atoms with Gasteiger partial charge in [-0.2, -0.15) is 0 Å². The molecule has 2 N–H and O–H groups in total. The molecule has 0 radical (unpaired) electrons. The molecule has 0 saturated carbocycles. The van der Waals surface area contributed by atoms with Gasteiger partial charge in [0.15, 0.2) is 5.96 Å². The summed E-state index contributed by atoms with van der Waals surface area (Å²) >= 11 is 0. The van der Waals surface area contributed by atoms with Crippen LogP contribution in [-0.4, -0.2) is 40.4 Å². The van der Waals surface area contributed by atoms with Crippen molar-refractivity contribution >= 4 is 29.9 Å². The molecule has 0 aromatic heterocycles. The van der Waals surface area contributed by atoms with Crippen LogP contribution in [-0.2, 0) is 13.0 Å². The van der Waals surface area contributed by atoms with Gasteiger partial charge >= 0.3 is 0 Å². The highest BCUT2D eigenvalue weighted by Gasteiger charge is 2.13. The van der Waals surface area contributed by atoms with Crippen molar-refractivity contribution in [3.63, 3.8) is 0 Å². The van der Waals surface area contributed by atoms with Gasteiger partial charge in [0.05, 0.1) is 27.9 Å². The summed E-state index contributed by atoms with van der Waals surface area (Å²) in [6.45, 7) is 3.10. The van der Waals surface area contributed by atoms with Crippen LogP contribution in [0.3, 0.4) is 0 Å². The van der Waals surface area contributed by atoms with Crippen LogP contribution in [0.2, 0.25) is 0 Å². The first kappa shape index (κ1) is 25.7. The highest BCUT2D eigenvalue weighted by molar-refractivity contribution is 14.0. The molecule has 0 atom stereocenters. The summed E-state index contributed by atoms with van der Waals surface area (Å²) in [7, 11) is 4.75. The van der Waals surface area contributed by atoms with E-state index >= 15 is 0 Å². The van der Waals surface area contributed by atoms with Crippen LogP contribution in [0.25, 0.3) is 0 Å². The zero-order chi connectivity index (χ0) is 21.2. The second kappa shape index (κ2) is 13.1. The lowest BCUT2D eigenvalue weighted by molar-refractivity contribution is 0.368. The fourth-order valence-corrected chi connectivity index (χ4v) is 2.80. The van der Waals surface area contributed by atoms with Crippen LogP contribution < -0.4 is 24.8 Å². The van der Waals surface area contributed by atoms with E-state index < -0.39 is 11.6 Å².